The van der Waals surface area contributed by atoms with E-state index in [0.29, 0.717) is 25.3 Å². The molecule has 0 aliphatic rings. The summed E-state index contributed by atoms with van der Waals surface area (Å²) in [6.07, 6.45) is 0.841. The summed E-state index contributed by atoms with van der Waals surface area (Å²) in [6, 6.07) is 7.18. The van der Waals surface area contributed by atoms with Gasteiger partial charge in [-0.25, -0.2) is 0 Å². The van der Waals surface area contributed by atoms with Crippen LogP contribution >= 0.6 is 12.4 Å². The number of hydrogen-bond acceptors (Lipinski definition) is 4. The monoisotopic (exact) mass is 316 g/mol. The second-order valence-electron chi connectivity index (χ2n) is 4.72. The Morgan fingerprint density at radius 3 is 2.43 bits per heavy atom. The standard InChI is InChI=1S/C15H24N2O3.ClH/c1-12(11-16)17(2)15(18)13-5-7-14(8-6-13)20-10-4-9-19-3;/h5-8,12H,4,9-11,16H2,1-3H3;1H. The van der Waals surface area contributed by atoms with Crippen molar-refractivity contribution in [3.63, 3.8) is 0 Å². The van der Waals surface area contributed by atoms with Crippen LogP contribution in [0.25, 0.3) is 0 Å². The number of carbonyl (C=O) groups excluding carboxylic acids is 1. The number of nitrogens with two attached hydrogens (primary N) is 1. The number of halogens is 1. The highest BCUT2D eigenvalue weighted by Crippen LogP contribution is 2.14. The molecular formula is C15H25ClN2O3. The van der Waals surface area contributed by atoms with Gasteiger partial charge in [0.05, 0.1) is 6.61 Å². The fourth-order valence-electron chi connectivity index (χ4n) is 1.65. The van der Waals surface area contributed by atoms with E-state index in [9.17, 15) is 4.79 Å². The first-order chi connectivity index (χ1) is 9.60. The zero-order chi connectivity index (χ0) is 15.0. The molecule has 1 unspecified atom stereocenters. The molecule has 0 radical (unpaired) electrons. The van der Waals surface area contributed by atoms with Crippen molar-refractivity contribution in [2.24, 2.45) is 5.73 Å². The molecule has 0 aromatic heterocycles. The van der Waals surface area contributed by atoms with E-state index in [4.69, 9.17) is 15.2 Å². The maximum absolute atomic E-state index is 12.2. The summed E-state index contributed by atoms with van der Waals surface area (Å²) in [6.45, 7) is 3.65. The number of nitrogens with zero attached hydrogens (tertiary/aromatic N) is 1. The smallest absolute Gasteiger partial charge is 0.253 e. The summed E-state index contributed by atoms with van der Waals surface area (Å²) < 4.78 is 10.5. The Bertz CT molecular complexity index is 412. The minimum Gasteiger partial charge on any atom is -0.494 e. The zero-order valence-corrected chi connectivity index (χ0v) is 13.7. The highest BCUT2D eigenvalue weighted by Gasteiger charge is 2.16. The second-order valence-corrected chi connectivity index (χ2v) is 4.72. The number of ether oxygens (including phenoxy) is 2. The Hall–Kier alpha value is -1.30. The van der Waals surface area contributed by atoms with Crippen LogP contribution in [0.3, 0.4) is 0 Å². The molecule has 6 heteroatoms. The Labute approximate surface area is 132 Å². The Morgan fingerprint density at radius 1 is 1.29 bits per heavy atom. The lowest BCUT2D eigenvalue weighted by Gasteiger charge is -2.23. The molecule has 1 rings (SSSR count). The maximum Gasteiger partial charge on any atom is 0.253 e. The Balaban J connectivity index is 0.00000400. The highest BCUT2D eigenvalue weighted by molar-refractivity contribution is 5.94. The van der Waals surface area contributed by atoms with E-state index in [1.165, 1.54) is 0 Å². The van der Waals surface area contributed by atoms with Crippen LogP contribution in [0.15, 0.2) is 24.3 Å². The summed E-state index contributed by atoms with van der Waals surface area (Å²) >= 11 is 0. The van der Waals surface area contributed by atoms with Crippen LogP contribution in [0, 0.1) is 0 Å². The predicted octanol–water partition coefficient (Wildman–Crippen LogP) is 1.94. The summed E-state index contributed by atoms with van der Waals surface area (Å²) in [5.74, 6) is 0.723. The van der Waals surface area contributed by atoms with Gasteiger partial charge >= 0.3 is 0 Å². The summed E-state index contributed by atoms with van der Waals surface area (Å²) in [5.41, 5.74) is 6.20. The van der Waals surface area contributed by atoms with Crippen molar-refractivity contribution in [1.29, 1.82) is 0 Å². The SMILES string of the molecule is COCCCOc1ccc(C(=O)N(C)C(C)CN)cc1.Cl. The summed E-state index contributed by atoms with van der Waals surface area (Å²) in [5, 5.41) is 0. The van der Waals surface area contributed by atoms with E-state index >= 15 is 0 Å². The van der Waals surface area contributed by atoms with Gasteiger partial charge in [0.2, 0.25) is 0 Å². The van der Waals surface area contributed by atoms with E-state index < -0.39 is 0 Å². The first-order valence-corrected chi connectivity index (χ1v) is 6.79. The van der Waals surface area contributed by atoms with Crippen LogP contribution in [0.1, 0.15) is 23.7 Å². The average molecular weight is 317 g/mol. The lowest BCUT2D eigenvalue weighted by molar-refractivity contribution is 0.0748. The number of benzene rings is 1. The third-order valence-corrected chi connectivity index (χ3v) is 3.19. The largest absolute Gasteiger partial charge is 0.494 e. The first-order valence-electron chi connectivity index (χ1n) is 6.79. The lowest BCUT2D eigenvalue weighted by Crippen LogP contribution is -2.39. The van der Waals surface area contributed by atoms with Gasteiger partial charge < -0.3 is 20.1 Å². The van der Waals surface area contributed by atoms with Crippen LogP contribution in [0.5, 0.6) is 5.75 Å². The molecule has 0 saturated heterocycles. The zero-order valence-electron chi connectivity index (χ0n) is 12.9. The topological polar surface area (TPSA) is 64.8 Å². The molecule has 0 saturated carbocycles. The van der Waals surface area contributed by atoms with Crippen LogP contribution in [0.2, 0.25) is 0 Å². The molecule has 0 bridgehead atoms. The van der Waals surface area contributed by atoms with E-state index in [-0.39, 0.29) is 24.4 Å². The minimum atomic E-state index is -0.0334. The number of hydrogen-bond donors (Lipinski definition) is 1. The van der Waals surface area contributed by atoms with Crippen LogP contribution in [-0.2, 0) is 4.74 Å². The number of rotatable bonds is 8. The van der Waals surface area contributed by atoms with Gasteiger partial charge in [0.1, 0.15) is 5.75 Å². The van der Waals surface area contributed by atoms with Gasteiger partial charge in [-0.15, -0.1) is 12.4 Å². The van der Waals surface area contributed by atoms with Crippen molar-refractivity contribution in [2.45, 2.75) is 19.4 Å². The fourth-order valence-corrected chi connectivity index (χ4v) is 1.65. The number of methoxy groups -OCH3 is 1. The second kappa shape index (κ2) is 10.4. The Kier molecular flexibility index (Phi) is 9.78. The molecule has 0 aliphatic heterocycles. The van der Waals surface area contributed by atoms with Gasteiger partial charge in [0.25, 0.3) is 5.91 Å². The molecule has 0 aliphatic carbocycles. The van der Waals surface area contributed by atoms with Crippen molar-refractivity contribution >= 4 is 18.3 Å². The number of likely N-dealkylation sites (N-methyl/N-ethyl adjacent to an activating group) is 1. The number of amides is 1. The normalized spacial score (nSPS) is 11.4. The quantitative estimate of drug-likeness (QED) is 0.744. The third kappa shape index (κ3) is 6.33. The van der Waals surface area contributed by atoms with Crippen LogP contribution in [0.4, 0.5) is 0 Å². The fraction of sp³-hybridized carbons (Fsp3) is 0.533. The highest BCUT2D eigenvalue weighted by atomic mass is 35.5. The van der Waals surface area contributed by atoms with Gasteiger partial charge in [-0.1, -0.05) is 0 Å². The lowest BCUT2D eigenvalue weighted by atomic mass is 10.1. The molecular weight excluding hydrogens is 292 g/mol. The molecule has 5 nitrogen and oxygen atoms in total. The van der Waals surface area contributed by atoms with Crippen molar-refractivity contribution in [3.8, 4) is 5.75 Å². The van der Waals surface area contributed by atoms with Crippen LogP contribution in [-0.4, -0.2) is 50.8 Å². The number of carbonyl (C=O) groups is 1. The van der Waals surface area contributed by atoms with E-state index in [1.54, 1.807) is 43.3 Å². The van der Waals surface area contributed by atoms with Gasteiger partial charge in [0, 0.05) is 45.3 Å². The molecule has 1 aromatic carbocycles. The van der Waals surface area contributed by atoms with Crippen molar-refractivity contribution in [2.75, 3.05) is 33.9 Å². The van der Waals surface area contributed by atoms with Gasteiger partial charge in [-0.2, -0.15) is 0 Å². The molecule has 120 valence electrons. The minimum absolute atomic E-state index is 0. The van der Waals surface area contributed by atoms with Gasteiger partial charge in [-0.05, 0) is 31.2 Å². The van der Waals surface area contributed by atoms with Crippen LogP contribution < -0.4 is 10.5 Å². The van der Waals surface area contributed by atoms with E-state index in [1.807, 2.05) is 6.92 Å². The maximum atomic E-state index is 12.2. The molecule has 1 atom stereocenters. The van der Waals surface area contributed by atoms with Gasteiger partial charge in [-0.3, -0.25) is 4.79 Å². The van der Waals surface area contributed by atoms with Crippen molar-refractivity contribution < 1.29 is 14.3 Å². The summed E-state index contributed by atoms with van der Waals surface area (Å²) in [7, 11) is 3.42. The molecule has 21 heavy (non-hydrogen) atoms. The van der Waals surface area contributed by atoms with Crippen molar-refractivity contribution in [3.05, 3.63) is 29.8 Å². The van der Waals surface area contributed by atoms with Gasteiger partial charge in [0.15, 0.2) is 0 Å². The first kappa shape index (κ1) is 19.7. The third-order valence-electron chi connectivity index (χ3n) is 3.19. The molecule has 2 N–H and O–H groups in total. The molecule has 0 heterocycles. The van der Waals surface area contributed by atoms with E-state index in [0.717, 1.165) is 12.2 Å². The Morgan fingerprint density at radius 2 is 1.90 bits per heavy atom. The molecule has 0 spiro atoms. The predicted molar refractivity (Wildman–Crippen MR) is 86.3 cm³/mol. The van der Waals surface area contributed by atoms with E-state index in [2.05, 4.69) is 0 Å². The molecule has 1 aromatic rings. The summed E-state index contributed by atoms with van der Waals surface area (Å²) in [4.78, 5) is 13.8. The van der Waals surface area contributed by atoms with Crippen molar-refractivity contribution in [1.82, 2.24) is 4.90 Å². The average Bonchev–Trinajstić information content (AvgIpc) is 2.50. The molecule has 0 fully saturated rings. The molecule has 1 amide bonds.